The summed E-state index contributed by atoms with van der Waals surface area (Å²) >= 11 is 0. The zero-order chi connectivity index (χ0) is 10.6. The number of hydrogen-bond acceptors (Lipinski definition) is 3. The molecule has 5 nitrogen and oxygen atoms in total. The second-order valence-electron chi connectivity index (χ2n) is 3.06. The minimum atomic E-state index is -1.07. The van der Waals surface area contributed by atoms with Crippen LogP contribution in [0.4, 0.5) is 4.79 Å². The molecule has 0 spiro atoms. The van der Waals surface area contributed by atoms with Gasteiger partial charge in [0, 0.05) is 13.0 Å². The van der Waals surface area contributed by atoms with Gasteiger partial charge >= 0.3 is 12.1 Å². The van der Waals surface area contributed by atoms with E-state index in [4.69, 9.17) is 9.84 Å². The first-order chi connectivity index (χ1) is 5.82. The molecule has 0 aliphatic rings. The van der Waals surface area contributed by atoms with Crippen LogP contribution in [0.2, 0.25) is 0 Å². The van der Waals surface area contributed by atoms with Gasteiger partial charge in [0.05, 0.1) is 14.1 Å². The van der Waals surface area contributed by atoms with Gasteiger partial charge in [0.2, 0.25) is 6.23 Å². The molecule has 0 radical (unpaired) electrons. The summed E-state index contributed by atoms with van der Waals surface area (Å²) in [6.45, 7) is 4.72. The molecule has 0 aromatic heterocycles. The van der Waals surface area contributed by atoms with E-state index >= 15 is 0 Å². The van der Waals surface area contributed by atoms with Crippen LogP contribution in [0.3, 0.4) is 0 Å². The van der Waals surface area contributed by atoms with Crippen molar-refractivity contribution in [2.24, 2.45) is 0 Å². The second kappa shape index (κ2) is 4.04. The van der Waals surface area contributed by atoms with Gasteiger partial charge in [0.15, 0.2) is 0 Å². The summed E-state index contributed by atoms with van der Waals surface area (Å²) in [4.78, 5) is 21.4. The summed E-state index contributed by atoms with van der Waals surface area (Å²) in [5.41, 5.74) is 0. The Morgan fingerprint density at radius 3 is 2.31 bits per heavy atom. The number of nitrogens with zero attached hydrogens (tertiary/aromatic N) is 1. The lowest BCUT2D eigenvalue weighted by Crippen LogP contribution is -2.52. The summed E-state index contributed by atoms with van der Waals surface area (Å²) in [7, 11) is 2.87. The maximum atomic E-state index is 10.7. The van der Waals surface area contributed by atoms with Crippen LogP contribution >= 0.6 is 0 Å². The van der Waals surface area contributed by atoms with E-state index < -0.39 is 22.8 Å². The zero-order valence-electron chi connectivity index (χ0n) is 7.98. The van der Waals surface area contributed by atoms with Gasteiger partial charge in [0.1, 0.15) is 0 Å². The maximum Gasteiger partial charge on any atom is 0.516 e. The third kappa shape index (κ3) is 2.87. The van der Waals surface area contributed by atoms with Crippen molar-refractivity contribution in [3.8, 4) is 0 Å². The van der Waals surface area contributed by atoms with Gasteiger partial charge in [-0.2, -0.15) is 9.28 Å². The number of esters is 1. The Hall–Kier alpha value is -1.36. The fourth-order valence-corrected chi connectivity index (χ4v) is 0.504. The Balaban J connectivity index is 4.41. The van der Waals surface area contributed by atoms with E-state index in [9.17, 15) is 9.59 Å². The monoisotopic (exact) mass is 188 g/mol. The van der Waals surface area contributed by atoms with Gasteiger partial charge in [-0.15, -0.1) is 0 Å². The van der Waals surface area contributed by atoms with Crippen LogP contribution in [-0.4, -0.2) is 42.0 Å². The minimum absolute atomic E-state index is 0.431. The Bertz CT molecular complexity index is 234. The van der Waals surface area contributed by atoms with Crippen molar-refractivity contribution in [3.05, 3.63) is 12.7 Å². The van der Waals surface area contributed by atoms with Gasteiger partial charge in [-0.25, -0.2) is 4.79 Å². The highest BCUT2D eigenvalue weighted by molar-refractivity contribution is 5.81. The number of hydrogen-bond donors (Lipinski definition) is 1. The lowest BCUT2D eigenvalue weighted by molar-refractivity contribution is -0.863. The summed E-state index contributed by atoms with van der Waals surface area (Å²) in [5.74, 6) is -0.625. The molecule has 0 fully saturated rings. The summed E-state index contributed by atoms with van der Waals surface area (Å²) < 4.78 is 4.33. The van der Waals surface area contributed by atoms with E-state index in [1.54, 1.807) is 0 Å². The number of carboxylic acid groups (broad SMARTS) is 1. The minimum Gasteiger partial charge on any atom is -0.435 e. The van der Waals surface area contributed by atoms with Gasteiger partial charge in [-0.3, -0.25) is 0 Å². The first-order valence-electron chi connectivity index (χ1n) is 3.72. The number of rotatable bonds is 3. The highest BCUT2D eigenvalue weighted by Gasteiger charge is 2.35. The second-order valence-corrected chi connectivity index (χ2v) is 3.06. The van der Waals surface area contributed by atoms with E-state index in [-0.39, 0.29) is 0 Å². The van der Waals surface area contributed by atoms with Crippen LogP contribution in [0, 0.1) is 0 Å². The van der Waals surface area contributed by atoms with Crippen LogP contribution in [0.15, 0.2) is 12.7 Å². The summed E-state index contributed by atoms with van der Waals surface area (Å²) in [5, 5.41) is 8.75. The van der Waals surface area contributed by atoms with Gasteiger partial charge in [-0.05, 0) is 0 Å². The van der Waals surface area contributed by atoms with Gasteiger partial charge in [0.25, 0.3) is 0 Å². The number of quaternary nitrogens is 1. The molecule has 0 bridgehead atoms. The van der Waals surface area contributed by atoms with Crippen LogP contribution in [0.1, 0.15) is 6.92 Å². The van der Waals surface area contributed by atoms with Crippen LogP contribution in [0.5, 0.6) is 0 Å². The van der Waals surface area contributed by atoms with Crippen molar-refractivity contribution in [2.75, 3.05) is 14.1 Å². The Morgan fingerprint density at radius 1 is 1.54 bits per heavy atom. The van der Waals surface area contributed by atoms with Crippen molar-refractivity contribution in [3.63, 3.8) is 0 Å². The largest absolute Gasteiger partial charge is 0.516 e. The van der Waals surface area contributed by atoms with E-state index in [2.05, 4.69) is 6.58 Å². The molecule has 5 heteroatoms. The predicted octanol–water partition coefficient (Wildman–Crippen LogP) is 0.816. The predicted molar refractivity (Wildman–Crippen MR) is 45.9 cm³/mol. The number of amides is 1. The van der Waals surface area contributed by atoms with Crippen molar-refractivity contribution in [2.45, 2.75) is 13.2 Å². The topological polar surface area (TPSA) is 63.6 Å². The van der Waals surface area contributed by atoms with Gasteiger partial charge in [-0.1, -0.05) is 6.58 Å². The molecule has 0 aliphatic heterocycles. The fraction of sp³-hybridized carbons (Fsp3) is 0.500. The molecule has 1 unspecified atom stereocenters. The zero-order valence-corrected chi connectivity index (χ0v) is 7.98. The summed E-state index contributed by atoms with van der Waals surface area (Å²) in [6.07, 6.45) is -0.814. The molecule has 0 aromatic rings. The molecule has 0 rings (SSSR count). The van der Waals surface area contributed by atoms with Crippen LogP contribution in [0.25, 0.3) is 0 Å². The van der Waals surface area contributed by atoms with Crippen LogP contribution in [-0.2, 0) is 9.53 Å². The third-order valence-electron chi connectivity index (χ3n) is 1.86. The van der Waals surface area contributed by atoms with E-state index in [0.717, 1.165) is 6.08 Å². The molecule has 0 heterocycles. The van der Waals surface area contributed by atoms with Crippen molar-refractivity contribution >= 4 is 12.1 Å². The highest BCUT2D eigenvalue weighted by Crippen LogP contribution is 2.08. The molecule has 0 saturated heterocycles. The Morgan fingerprint density at radius 2 is 2.00 bits per heavy atom. The highest BCUT2D eigenvalue weighted by atomic mass is 16.6. The number of carbonyl (C=O) groups excluding carboxylic acids is 1. The molecular weight excluding hydrogens is 174 g/mol. The molecule has 1 N–H and O–H groups in total. The summed E-state index contributed by atoms with van der Waals surface area (Å²) in [6, 6.07) is 0. The molecule has 0 aliphatic carbocycles. The molecule has 1 atom stereocenters. The lowest BCUT2D eigenvalue weighted by Gasteiger charge is -2.28. The number of carbonyl (C=O) groups is 2. The first-order valence-corrected chi connectivity index (χ1v) is 3.72. The van der Waals surface area contributed by atoms with Crippen molar-refractivity contribution < 1.29 is 23.9 Å². The molecule has 13 heavy (non-hydrogen) atoms. The Labute approximate surface area is 76.8 Å². The van der Waals surface area contributed by atoms with E-state index in [1.807, 2.05) is 0 Å². The van der Waals surface area contributed by atoms with E-state index in [0.29, 0.717) is 0 Å². The van der Waals surface area contributed by atoms with E-state index in [1.165, 1.54) is 21.0 Å². The third-order valence-corrected chi connectivity index (χ3v) is 1.86. The van der Waals surface area contributed by atoms with Crippen molar-refractivity contribution in [1.29, 1.82) is 0 Å². The smallest absolute Gasteiger partial charge is 0.435 e. The Kier molecular flexibility index (Phi) is 3.62. The lowest BCUT2D eigenvalue weighted by atomic mass is 10.5. The van der Waals surface area contributed by atoms with Crippen LogP contribution < -0.4 is 0 Å². The average Bonchev–Trinajstić information content (AvgIpc) is 2.03. The first kappa shape index (κ1) is 11.6. The molecule has 0 aromatic carbocycles. The maximum absolute atomic E-state index is 10.7. The fourth-order valence-electron chi connectivity index (χ4n) is 0.504. The SMILES string of the molecule is C=CC(=O)OC(C)[N+](C)(C)C(=O)O. The van der Waals surface area contributed by atoms with Gasteiger partial charge < -0.3 is 9.84 Å². The quantitative estimate of drug-likeness (QED) is 0.308. The number of ether oxygens (including phenoxy) is 1. The molecular formula is C8H14NO4+. The molecule has 1 amide bonds. The average molecular weight is 188 g/mol. The molecule has 74 valence electrons. The molecule has 0 saturated carbocycles. The standard InChI is InChI=1S/C8H13NO4/c1-5-7(10)13-6(2)9(3,4)8(11)12/h5-6H,1H2,2-4H3/p+1. The van der Waals surface area contributed by atoms with Crippen molar-refractivity contribution in [1.82, 2.24) is 0 Å². The normalized spacial score (nSPS) is 13.2.